The number of hydrogen-bond acceptors (Lipinski definition) is 2. The number of rotatable bonds is 3. The molecular formula is C14H18N2O. The van der Waals surface area contributed by atoms with Crippen molar-refractivity contribution < 1.29 is 4.74 Å². The summed E-state index contributed by atoms with van der Waals surface area (Å²) in [7, 11) is 0. The molecule has 0 spiro atoms. The van der Waals surface area contributed by atoms with Crippen molar-refractivity contribution in [2.75, 3.05) is 13.2 Å². The van der Waals surface area contributed by atoms with Crippen LogP contribution in [-0.2, 0) is 0 Å². The summed E-state index contributed by atoms with van der Waals surface area (Å²) in [6.45, 7) is 4.01. The molecule has 3 heteroatoms. The van der Waals surface area contributed by atoms with E-state index in [1.54, 1.807) is 0 Å². The minimum Gasteiger partial charge on any atom is -0.492 e. The summed E-state index contributed by atoms with van der Waals surface area (Å²) < 4.78 is 5.82. The summed E-state index contributed by atoms with van der Waals surface area (Å²) in [6, 6.07) is 6.78. The molecule has 3 rings (SSSR count). The topological polar surface area (TPSA) is 37.0 Å². The molecule has 17 heavy (non-hydrogen) atoms. The van der Waals surface area contributed by atoms with Gasteiger partial charge < -0.3 is 15.0 Å². The molecule has 0 saturated carbocycles. The van der Waals surface area contributed by atoms with E-state index in [1.807, 2.05) is 6.20 Å². The van der Waals surface area contributed by atoms with Gasteiger partial charge in [-0.15, -0.1) is 0 Å². The standard InChI is InChI=1S/C14H18N2O/c1-10-8-16-14-7-12(4-5-13(10)14)17-9-11-3-2-6-15-11/h4-5,7-8,11,15-16H,2-3,6,9H2,1H3. The highest BCUT2D eigenvalue weighted by Gasteiger charge is 2.14. The van der Waals surface area contributed by atoms with Crippen LogP contribution in [0.25, 0.3) is 10.9 Å². The summed E-state index contributed by atoms with van der Waals surface area (Å²) in [5.74, 6) is 0.952. The molecule has 2 N–H and O–H groups in total. The van der Waals surface area contributed by atoms with Crippen molar-refractivity contribution in [3.05, 3.63) is 30.0 Å². The Hall–Kier alpha value is -1.48. The predicted molar refractivity (Wildman–Crippen MR) is 69.6 cm³/mol. The fourth-order valence-corrected chi connectivity index (χ4v) is 2.44. The van der Waals surface area contributed by atoms with E-state index in [9.17, 15) is 0 Å². The van der Waals surface area contributed by atoms with Crippen LogP contribution in [0.15, 0.2) is 24.4 Å². The van der Waals surface area contributed by atoms with Crippen molar-refractivity contribution in [3.63, 3.8) is 0 Å². The number of fused-ring (bicyclic) bond motifs is 1. The molecule has 0 radical (unpaired) electrons. The number of nitrogens with one attached hydrogen (secondary N) is 2. The van der Waals surface area contributed by atoms with Crippen molar-refractivity contribution >= 4 is 10.9 Å². The monoisotopic (exact) mass is 230 g/mol. The van der Waals surface area contributed by atoms with E-state index < -0.39 is 0 Å². The smallest absolute Gasteiger partial charge is 0.121 e. The fourth-order valence-electron chi connectivity index (χ4n) is 2.44. The van der Waals surface area contributed by atoms with Crippen LogP contribution in [0, 0.1) is 6.92 Å². The van der Waals surface area contributed by atoms with Gasteiger partial charge in [0.05, 0.1) is 0 Å². The van der Waals surface area contributed by atoms with Crippen molar-refractivity contribution in [2.24, 2.45) is 0 Å². The van der Waals surface area contributed by atoms with Crippen molar-refractivity contribution in [1.82, 2.24) is 10.3 Å². The maximum atomic E-state index is 5.82. The molecule has 2 heterocycles. The van der Waals surface area contributed by atoms with Crippen molar-refractivity contribution in [2.45, 2.75) is 25.8 Å². The van der Waals surface area contributed by atoms with Crippen LogP contribution in [0.1, 0.15) is 18.4 Å². The normalized spacial score (nSPS) is 19.9. The van der Waals surface area contributed by atoms with E-state index in [-0.39, 0.29) is 0 Å². The molecule has 0 amide bonds. The first-order valence-corrected chi connectivity index (χ1v) is 6.27. The third kappa shape index (κ3) is 2.15. The number of ether oxygens (including phenoxy) is 1. The number of aromatic nitrogens is 1. The van der Waals surface area contributed by atoms with Gasteiger partial charge in [0.2, 0.25) is 0 Å². The largest absolute Gasteiger partial charge is 0.492 e. The van der Waals surface area contributed by atoms with Gasteiger partial charge >= 0.3 is 0 Å². The highest BCUT2D eigenvalue weighted by atomic mass is 16.5. The lowest BCUT2D eigenvalue weighted by molar-refractivity contribution is 0.277. The molecule has 1 aromatic heterocycles. The van der Waals surface area contributed by atoms with Crippen LogP contribution in [0.5, 0.6) is 5.75 Å². The third-order valence-electron chi connectivity index (χ3n) is 3.47. The van der Waals surface area contributed by atoms with Gasteiger partial charge in [-0.3, -0.25) is 0 Å². The highest BCUT2D eigenvalue weighted by Crippen LogP contribution is 2.23. The summed E-state index contributed by atoms with van der Waals surface area (Å²) in [5, 5.41) is 4.71. The first-order chi connectivity index (χ1) is 8.33. The predicted octanol–water partition coefficient (Wildman–Crippen LogP) is 2.61. The Morgan fingerprint density at radius 2 is 2.35 bits per heavy atom. The van der Waals surface area contributed by atoms with Crippen LogP contribution in [0.4, 0.5) is 0 Å². The number of H-pyrrole nitrogens is 1. The maximum absolute atomic E-state index is 5.82. The van der Waals surface area contributed by atoms with Gasteiger partial charge in [0.1, 0.15) is 12.4 Å². The Kier molecular flexibility index (Phi) is 2.77. The van der Waals surface area contributed by atoms with E-state index in [2.05, 4.69) is 35.4 Å². The second-order valence-electron chi connectivity index (χ2n) is 4.78. The van der Waals surface area contributed by atoms with Crippen LogP contribution >= 0.6 is 0 Å². The second-order valence-corrected chi connectivity index (χ2v) is 4.78. The number of benzene rings is 1. The van der Waals surface area contributed by atoms with Crippen LogP contribution in [0.2, 0.25) is 0 Å². The van der Waals surface area contributed by atoms with Crippen LogP contribution < -0.4 is 10.1 Å². The molecule has 1 unspecified atom stereocenters. The minimum atomic E-state index is 0.524. The lowest BCUT2D eigenvalue weighted by Gasteiger charge is -2.12. The average Bonchev–Trinajstić information content (AvgIpc) is 2.97. The Morgan fingerprint density at radius 1 is 1.41 bits per heavy atom. The summed E-state index contributed by atoms with van der Waals surface area (Å²) in [5.41, 5.74) is 2.43. The van der Waals surface area contributed by atoms with E-state index in [0.29, 0.717) is 6.04 Å². The molecule has 2 aromatic rings. The molecule has 1 fully saturated rings. The first kappa shape index (κ1) is 10.7. The van der Waals surface area contributed by atoms with Gasteiger partial charge in [-0.05, 0) is 44.0 Å². The Balaban J connectivity index is 1.72. The van der Waals surface area contributed by atoms with Gasteiger partial charge in [-0.25, -0.2) is 0 Å². The number of aryl methyl sites for hydroxylation is 1. The molecular weight excluding hydrogens is 212 g/mol. The maximum Gasteiger partial charge on any atom is 0.121 e. The molecule has 1 aliphatic rings. The van der Waals surface area contributed by atoms with Gasteiger partial charge in [0.15, 0.2) is 0 Å². The third-order valence-corrected chi connectivity index (χ3v) is 3.47. The first-order valence-electron chi connectivity index (χ1n) is 6.27. The van der Waals surface area contributed by atoms with E-state index in [1.165, 1.54) is 23.8 Å². The Bertz CT molecular complexity index is 512. The van der Waals surface area contributed by atoms with Crippen molar-refractivity contribution in [1.29, 1.82) is 0 Å². The molecule has 1 saturated heterocycles. The highest BCUT2D eigenvalue weighted by molar-refractivity contribution is 5.84. The molecule has 0 aliphatic carbocycles. The van der Waals surface area contributed by atoms with E-state index in [0.717, 1.165) is 24.4 Å². The van der Waals surface area contributed by atoms with Gasteiger partial charge in [-0.2, -0.15) is 0 Å². The zero-order chi connectivity index (χ0) is 11.7. The van der Waals surface area contributed by atoms with E-state index in [4.69, 9.17) is 4.74 Å². The molecule has 3 nitrogen and oxygen atoms in total. The quantitative estimate of drug-likeness (QED) is 0.850. The summed E-state index contributed by atoms with van der Waals surface area (Å²) in [6.07, 6.45) is 4.53. The fraction of sp³-hybridized carbons (Fsp3) is 0.429. The van der Waals surface area contributed by atoms with Gasteiger partial charge in [0, 0.05) is 29.2 Å². The average molecular weight is 230 g/mol. The van der Waals surface area contributed by atoms with Gasteiger partial charge in [-0.1, -0.05) is 0 Å². The number of hydrogen-bond donors (Lipinski definition) is 2. The van der Waals surface area contributed by atoms with Crippen LogP contribution in [-0.4, -0.2) is 24.2 Å². The zero-order valence-corrected chi connectivity index (χ0v) is 10.1. The summed E-state index contributed by atoms with van der Waals surface area (Å²) >= 11 is 0. The molecule has 1 aromatic carbocycles. The molecule has 90 valence electrons. The van der Waals surface area contributed by atoms with Crippen LogP contribution in [0.3, 0.4) is 0 Å². The number of aromatic amines is 1. The lowest BCUT2D eigenvalue weighted by Crippen LogP contribution is -2.28. The Morgan fingerprint density at radius 3 is 3.18 bits per heavy atom. The molecule has 1 atom stereocenters. The second kappa shape index (κ2) is 4.41. The molecule has 1 aliphatic heterocycles. The zero-order valence-electron chi connectivity index (χ0n) is 10.1. The molecule has 0 bridgehead atoms. The van der Waals surface area contributed by atoms with E-state index >= 15 is 0 Å². The van der Waals surface area contributed by atoms with Crippen molar-refractivity contribution in [3.8, 4) is 5.75 Å². The summed E-state index contributed by atoms with van der Waals surface area (Å²) in [4.78, 5) is 3.26. The minimum absolute atomic E-state index is 0.524. The lowest BCUT2D eigenvalue weighted by atomic mass is 10.2. The Labute approximate surface area is 101 Å². The SMILES string of the molecule is Cc1c[nH]c2cc(OCC3CCCN3)ccc12. The van der Waals surface area contributed by atoms with Gasteiger partial charge in [0.25, 0.3) is 0 Å².